The molecule has 4 aromatic rings. The number of pyridine rings is 1. The van der Waals surface area contributed by atoms with Crippen LogP contribution in [-0.4, -0.2) is 33.0 Å². The first-order valence-electron chi connectivity index (χ1n) is 9.95. The van der Waals surface area contributed by atoms with E-state index in [-0.39, 0.29) is 5.91 Å². The van der Waals surface area contributed by atoms with E-state index in [0.29, 0.717) is 23.6 Å². The van der Waals surface area contributed by atoms with Gasteiger partial charge in [-0.1, -0.05) is 11.2 Å². The lowest BCUT2D eigenvalue weighted by Crippen LogP contribution is -2.25. The molecule has 1 aromatic carbocycles. The number of aromatic amines is 1. The van der Waals surface area contributed by atoms with E-state index in [1.807, 2.05) is 42.5 Å². The van der Waals surface area contributed by atoms with Crippen LogP contribution in [-0.2, 0) is 19.4 Å². The summed E-state index contributed by atoms with van der Waals surface area (Å²) in [5, 5.41) is 5.25. The number of amides is 1. The Balaban J connectivity index is 1.36. The Kier molecular flexibility index (Phi) is 4.39. The van der Waals surface area contributed by atoms with Crippen molar-refractivity contribution in [1.82, 2.24) is 20.0 Å². The van der Waals surface area contributed by atoms with Crippen molar-refractivity contribution in [2.75, 3.05) is 7.05 Å². The quantitative estimate of drug-likeness (QED) is 0.565. The highest BCUT2D eigenvalue weighted by molar-refractivity contribution is 5.99. The SMILES string of the molecule is CN(Cc1cc(-c2ccccn2)no1)C(=O)c1ccc2[nH]c3c(c2c1)CCCC3. The average Bonchev–Trinajstić information content (AvgIpc) is 3.38. The molecule has 0 saturated carbocycles. The first kappa shape index (κ1) is 17.7. The summed E-state index contributed by atoms with van der Waals surface area (Å²) >= 11 is 0. The van der Waals surface area contributed by atoms with Crippen molar-refractivity contribution in [3.8, 4) is 11.4 Å². The summed E-state index contributed by atoms with van der Waals surface area (Å²) in [5.41, 5.74) is 5.93. The lowest BCUT2D eigenvalue weighted by atomic mass is 9.95. The molecule has 0 unspecified atom stereocenters. The van der Waals surface area contributed by atoms with Gasteiger partial charge in [0, 0.05) is 41.5 Å². The van der Waals surface area contributed by atoms with Gasteiger partial charge >= 0.3 is 0 Å². The molecule has 1 N–H and O–H groups in total. The van der Waals surface area contributed by atoms with Gasteiger partial charge in [-0.05, 0) is 61.6 Å². The first-order chi connectivity index (χ1) is 14.2. The number of hydrogen-bond acceptors (Lipinski definition) is 4. The van der Waals surface area contributed by atoms with Gasteiger partial charge in [0.1, 0.15) is 5.69 Å². The zero-order chi connectivity index (χ0) is 19.8. The molecular formula is C23H22N4O2. The van der Waals surface area contributed by atoms with Crippen LogP contribution < -0.4 is 0 Å². The van der Waals surface area contributed by atoms with Gasteiger partial charge in [0.25, 0.3) is 5.91 Å². The number of H-pyrrole nitrogens is 1. The van der Waals surface area contributed by atoms with E-state index in [1.54, 1.807) is 18.1 Å². The van der Waals surface area contributed by atoms with Crippen LogP contribution in [0.5, 0.6) is 0 Å². The molecule has 146 valence electrons. The van der Waals surface area contributed by atoms with Crippen LogP contribution in [0.15, 0.2) is 53.2 Å². The number of aromatic nitrogens is 3. The van der Waals surface area contributed by atoms with E-state index >= 15 is 0 Å². The van der Waals surface area contributed by atoms with Crippen LogP contribution in [0, 0.1) is 0 Å². The minimum Gasteiger partial charge on any atom is -0.359 e. The molecule has 0 atom stereocenters. The monoisotopic (exact) mass is 386 g/mol. The summed E-state index contributed by atoms with van der Waals surface area (Å²) in [6, 6.07) is 13.4. The van der Waals surface area contributed by atoms with Crippen molar-refractivity contribution in [1.29, 1.82) is 0 Å². The number of nitrogens with one attached hydrogen (secondary N) is 1. The Morgan fingerprint density at radius 3 is 2.90 bits per heavy atom. The largest absolute Gasteiger partial charge is 0.359 e. The topological polar surface area (TPSA) is 75.0 Å². The van der Waals surface area contributed by atoms with Crippen LogP contribution in [0.2, 0.25) is 0 Å². The molecule has 0 spiro atoms. The number of fused-ring (bicyclic) bond motifs is 3. The Bertz CT molecular complexity index is 1180. The summed E-state index contributed by atoms with van der Waals surface area (Å²) in [7, 11) is 1.78. The van der Waals surface area contributed by atoms with E-state index in [0.717, 1.165) is 24.1 Å². The molecule has 3 aromatic heterocycles. The van der Waals surface area contributed by atoms with Crippen molar-refractivity contribution >= 4 is 16.8 Å². The molecule has 1 amide bonds. The summed E-state index contributed by atoms with van der Waals surface area (Å²) < 4.78 is 5.42. The lowest BCUT2D eigenvalue weighted by Gasteiger charge is -2.15. The second-order valence-corrected chi connectivity index (χ2v) is 7.60. The number of benzene rings is 1. The maximum atomic E-state index is 13.0. The summed E-state index contributed by atoms with van der Waals surface area (Å²) in [4.78, 5) is 22.4. The Labute approximate surface area is 168 Å². The van der Waals surface area contributed by atoms with Crippen LogP contribution in [0.1, 0.15) is 40.2 Å². The zero-order valence-electron chi connectivity index (χ0n) is 16.3. The van der Waals surface area contributed by atoms with Crippen molar-refractivity contribution in [2.45, 2.75) is 32.2 Å². The highest BCUT2D eigenvalue weighted by atomic mass is 16.5. The van der Waals surface area contributed by atoms with Gasteiger partial charge in [-0.2, -0.15) is 0 Å². The fourth-order valence-electron chi connectivity index (χ4n) is 4.09. The molecule has 6 nitrogen and oxygen atoms in total. The average molecular weight is 386 g/mol. The van der Waals surface area contributed by atoms with Gasteiger partial charge < -0.3 is 14.4 Å². The van der Waals surface area contributed by atoms with E-state index in [9.17, 15) is 4.79 Å². The fraction of sp³-hybridized carbons (Fsp3) is 0.261. The third-order valence-electron chi connectivity index (χ3n) is 5.57. The minimum atomic E-state index is -0.0338. The van der Waals surface area contributed by atoms with Gasteiger partial charge in [0.05, 0.1) is 12.2 Å². The van der Waals surface area contributed by atoms with Gasteiger partial charge in [0.15, 0.2) is 5.76 Å². The second-order valence-electron chi connectivity index (χ2n) is 7.60. The molecule has 6 heteroatoms. The molecule has 5 rings (SSSR count). The molecular weight excluding hydrogens is 364 g/mol. The van der Waals surface area contributed by atoms with Crippen LogP contribution in [0.25, 0.3) is 22.3 Å². The molecule has 1 aliphatic carbocycles. The van der Waals surface area contributed by atoms with E-state index in [1.165, 1.54) is 29.5 Å². The smallest absolute Gasteiger partial charge is 0.254 e. The van der Waals surface area contributed by atoms with Crippen LogP contribution >= 0.6 is 0 Å². The van der Waals surface area contributed by atoms with Gasteiger partial charge in [0.2, 0.25) is 0 Å². The summed E-state index contributed by atoms with van der Waals surface area (Å²) in [6.07, 6.45) is 6.33. The van der Waals surface area contributed by atoms with Crippen LogP contribution in [0.4, 0.5) is 0 Å². The molecule has 3 heterocycles. The van der Waals surface area contributed by atoms with Crippen molar-refractivity contribution in [3.05, 3.63) is 71.2 Å². The maximum absolute atomic E-state index is 13.0. The normalized spacial score (nSPS) is 13.4. The first-order valence-corrected chi connectivity index (χ1v) is 9.95. The number of carbonyl (C=O) groups is 1. The standard InChI is InChI=1S/C23H22N4O2/c1-27(14-16-13-22(26-29-16)21-8-4-5-11-24-21)23(28)15-9-10-20-18(12-15)17-6-2-3-7-19(17)25-20/h4-5,8-13,25H,2-3,6-7,14H2,1H3. The molecule has 0 saturated heterocycles. The molecule has 0 bridgehead atoms. The maximum Gasteiger partial charge on any atom is 0.254 e. The van der Waals surface area contributed by atoms with Gasteiger partial charge in [-0.25, -0.2) is 0 Å². The molecule has 29 heavy (non-hydrogen) atoms. The van der Waals surface area contributed by atoms with Gasteiger partial charge in [-0.15, -0.1) is 0 Å². The minimum absolute atomic E-state index is 0.0338. The molecule has 0 aliphatic heterocycles. The predicted molar refractivity (Wildman–Crippen MR) is 110 cm³/mol. The van der Waals surface area contributed by atoms with E-state index in [2.05, 4.69) is 15.1 Å². The number of aryl methyl sites for hydroxylation is 2. The number of rotatable bonds is 4. The zero-order valence-corrected chi connectivity index (χ0v) is 16.3. The van der Waals surface area contributed by atoms with Crippen molar-refractivity contribution in [2.24, 2.45) is 0 Å². The number of nitrogens with zero attached hydrogens (tertiary/aromatic N) is 3. The van der Waals surface area contributed by atoms with E-state index < -0.39 is 0 Å². The second kappa shape index (κ2) is 7.20. The summed E-state index contributed by atoms with van der Waals surface area (Å²) in [5.74, 6) is 0.593. The molecule has 1 aliphatic rings. The van der Waals surface area contributed by atoms with Crippen molar-refractivity contribution in [3.63, 3.8) is 0 Å². The third-order valence-corrected chi connectivity index (χ3v) is 5.57. The highest BCUT2D eigenvalue weighted by Crippen LogP contribution is 2.30. The Hall–Kier alpha value is -3.41. The molecule has 0 radical (unpaired) electrons. The van der Waals surface area contributed by atoms with Crippen molar-refractivity contribution < 1.29 is 9.32 Å². The lowest BCUT2D eigenvalue weighted by molar-refractivity contribution is 0.0772. The Morgan fingerprint density at radius 1 is 1.14 bits per heavy atom. The Morgan fingerprint density at radius 2 is 2.03 bits per heavy atom. The number of hydrogen-bond donors (Lipinski definition) is 1. The highest BCUT2D eigenvalue weighted by Gasteiger charge is 2.19. The summed E-state index contributed by atoms with van der Waals surface area (Å²) in [6.45, 7) is 0.349. The predicted octanol–water partition coefficient (Wildman–Crippen LogP) is 4.37. The van der Waals surface area contributed by atoms with Gasteiger partial charge in [-0.3, -0.25) is 9.78 Å². The van der Waals surface area contributed by atoms with E-state index in [4.69, 9.17) is 4.52 Å². The molecule has 0 fully saturated rings. The third kappa shape index (κ3) is 3.31. The fourth-order valence-corrected chi connectivity index (χ4v) is 4.09. The van der Waals surface area contributed by atoms with Crippen LogP contribution in [0.3, 0.4) is 0 Å². The number of carbonyl (C=O) groups excluding carboxylic acids is 1.